The van der Waals surface area contributed by atoms with Crippen LogP contribution in [0.15, 0.2) is 60.7 Å². The van der Waals surface area contributed by atoms with Crippen molar-refractivity contribution in [2.24, 2.45) is 0 Å². The van der Waals surface area contributed by atoms with Gasteiger partial charge in [-0.1, -0.05) is 36.4 Å². The molecular formula is C21H22O6. The summed E-state index contributed by atoms with van der Waals surface area (Å²) in [6.07, 6.45) is -2.19. The third-order valence-electron chi connectivity index (χ3n) is 4.40. The molecule has 1 aliphatic rings. The average Bonchev–Trinajstić information content (AvgIpc) is 2.71. The first-order valence-electron chi connectivity index (χ1n) is 8.79. The molecule has 142 valence electrons. The number of carbonyl (C=O) groups is 2. The largest absolute Gasteiger partial charge is 0.455 e. The maximum Gasteiger partial charge on any atom is 0.338 e. The van der Waals surface area contributed by atoms with Crippen molar-refractivity contribution < 1.29 is 28.5 Å². The molecule has 0 radical (unpaired) electrons. The Balaban J connectivity index is 1.76. The van der Waals surface area contributed by atoms with Gasteiger partial charge in [0.1, 0.15) is 6.10 Å². The van der Waals surface area contributed by atoms with E-state index in [-0.39, 0.29) is 6.42 Å². The summed E-state index contributed by atoms with van der Waals surface area (Å²) in [6, 6.07) is 17.3. The molecule has 6 nitrogen and oxygen atoms in total. The zero-order valence-corrected chi connectivity index (χ0v) is 15.2. The highest BCUT2D eigenvalue weighted by molar-refractivity contribution is 5.90. The maximum atomic E-state index is 12.5. The van der Waals surface area contributed by atoms with E-state index in [1.807, 2.05) is 12.1 Å². The number of ether oxygens (including phenoxy) is 4. The Hall–Kier alpha value is -2.70. The van der Waals surface area contributed by atoms with Gasteiger partial charge in [-0.2, -0.15) is 0 Å². The third kappa shape index (κ3) is 4.72. The molecule has 0 N–H and O–H groups in total. The summed E-state index contributed by atoms with van der Waals surface area (Å²) >= 11 is 0. The lowest BCUT2D eigenvalue weighted by atomic mass is 10.0. The van der Waals surface area contributed by atoms with E-state index in [0.29, 0.717) is 11.1 Å². The molecule has 0 amide bonds. The number of esters is 2. The van der Waals surface area contributed by atoms with Gasteiger partial charge >= 0.3 is 11.9 Å². The van der Waals surface area contributed by atoms with Gasteiger partial charge in [-0.3, -0.25) is 0 Å². The Bertz CT molecular complexity index is 761. The molecule has 1 saturated heterocycles. The molecule has 27 heavy (non-hydrogen) atoms. The first-order chi connectivity index (χ1) is 13.1. The van der Waals surface area contributed by atoms with Crippen LogP contribution >= 0.6 is 0 Å². The number of carbonyl (C=O) groups excluding carboxylic acids is 2. The van der Waals surface area contributed by atoms with Crippen molar-refractivity contribution in [2.45, 2.75) is 37.9 Å². The molecule has 0 aromatic heterocycles. The SMILES string of the molecule is CO[C@H]1C[C@@H](OC(=O)c2ccccc2)[C@@H](OC(=O)c2ccccc2)[C@@H](C)O1. The van der Waals surface area contributed by atoms with Gasteiger partial charge in [-0.05, 0) is 31.2 Å². The molecule has 2 aromatic rings. The first kappa shape index (κ1) is 19.1. The highest BCUT2D eigenvalue weighted by Gasteiger charge is 2.42. The fraction of sp³-hybridized carbons (Fsp3) is 0.333. The second-order valence-corrected chi connectivity index (χ2v) is 6.29. The molecule has 2 aromatic carbocycles. The van der Waals surface area contributed by atoms with Crippen LogP contribution in [0.3, 0.4) is 0 Å². The van der Waals surface area contributed by atoms with Crippen LogP contribution < -0.4 is 0 Å². The lowest BCUT2D eigenvalue weighted by Gasteiger charge is -2.38. The Labute approximate surface area is 158 Å². The Morgan fingerprint density at radius 2 is 1.41 bits per heavy atom. The minimum atomic E-state index is -0.739. The van der Waals surface area contributed by atoms with E-state index < -0.39 is 36.5 Å². The number of hydrogen-bond donors (Lipinski definition) is 0. The lowest BCUT2D eigenvalue weighted by Crippen LogP contribution is -2.51. The molecule has 0 unspecified atom stereocenters. The van der Waals surface area contributed by atoms with Crippen molar-refractivity contribution in [1.82, 2.24) is 0 Å². The van der Waals surface area contributed by atoms with E-state index in [2.05, 4.69) is 0 Å². The van der Waals surface area contributed by atoms with Gasteiger partial charge in [0.25, 0.3) is 0 Å². The molecule has 1 heterocycles. The molecule has 0 aliphatic carbocycles. The van der Waals surface area contributed by atoms with Crippen LogP contribution in [0.25, 0.3) is 0 Å². The van der Waals surface area contributed by atoms with Crippen LogP contribution in [-0.4, -0.2) is 43.7 Å². The Kier molecular flexibility index (Phi) is 6.21. The molecule has 1 aliphatic heterocycles. The van der Waals surface area contributed by atoms with Gasteiger partial charge in [-0.15, -0.1) is 0 Å². The fourth-order valence-corrected chi connectivity index (χ4v) is 2.98. The number of methoxy groups -OCH3 is 1. The standard InChI is InChI=1S/C21H22O6/c1-14-19(27-21(23)16-11-7-4-8-12-16)17(13-18(24-2)25-14)26-20(22)15-9-5-3-6-10-15/h3-12,14,17-19H,13H2,1-2H3/t14-,17-,18-,19+/m1/s1. The van der Waals surface area contributed by atoms with Gasteiger partial charge in [0, 0.05) is 13.5 Å². The van der Waals surface area contributed by atoms with Crippen molar-refractivity contribution in [2.75, 3.05) is 7.11 Å². The predicted molar refractivity (Wildman–Crippen MR) is 97.3 cm³/mol. The van der Waals surface area contributed by atoms with Crippen molar-refractivity contribution in [3.05, 3.63) is 71.8 Å². The number of benzene rings is 2. The molecule has 6 heteroatoms. The smallest absolute Gasteiger partial charge is 0.338 e. The van der Waals surface area contributed by atoms with Crippen LogP contribution in [0, 0.1) is 0 Å². The van der Waals surface area contributed by atoms with Crippen molar-refractivity contribution in [3.8, 4) is 0 Å². The second kappa shape index (κ2) is 8.79. The molecule has 0 saturated carbocycles. The zero-order valence-electron chi connectivity index (χ0n) is 15.2. The number of rotatable bonds is 5. The van der Waals surface area contributed by atoms with Gasteiger partial charge in [-0.25, -0.2) is 9.59 Å². The van der Waals surface area contributed by atoms with Gasteiger partial charge in [0.2, 0.25) is 0 Å². The van der Waals surface area contributed by atoms with Gasteiger partial charge in [0.05, 0.1) is 17.2 Å². The van der Waals surface area contributed by atoms with Crippen LogP contribution in [0.2, 0.25) is 0 Å². The summed E-state index contributed by atoms with van der Waals surface area (Å²) < 4.78 is 22.3. The predicted octanol–water partition coefficient (Wildman–Crippen LogP) is 3.22. The Morgan fingerprint density at radius 3 is 1.93 bits per heavy atom. The topological polar surface area (TPSA) is 71.1 Å². The summed E-state index contributed by atoms with van der Waals surface area (Å²) in [6.45, 7) is 1.76. The number of hydrogen-bond acceptors (Lipinski definition) is 6. The lowest BCUT2D eigenvalue weighted by molar-refractivity contribution is -0.236. The summed E-state index contributed by atoms with van der Waals surface area (Å²) in [5.41, 5.74) is 0.852. The zero-order chi connectivity index (χ0) is 19.2. The van der Waals surface area contributed by atoms with Crippen LogP contribution in [-0.2, 0) is 18.9 Å². The van der Waals surface area contributed by atoms with E-state index in [4.69, 9.17) is 18.9 Å². The van der Waals surface area contributed by atoms with Gasteiger partial charge < -0.3 is 18.9 Å². The highest BCUT2D eigenvalue weighted by Crippen LogP contribution is 2.27. The van der Waals surface area contributed by atoms with Crippen molar-refractivity contribution >= 4 is 11.9 Å². The maximum absolute atomic E-state index is 12.5. The molecule has 1 fully saturated rings. The summed E-state index contributed by atoms with van der Waals surface area (Å²) in [5, 5.41) is 0. The Morgan fingerprint density at radius 1 is 0.889 bits per heavy atom. The minimum absolute atomic E-state index is 0.270. The third-order valence-corrected chi connectivity index (χ3v) is 4.40. The normalized spacial score (nSPS) is 24.8. The summed E-state index contributed by atoms with van der Waals surface area (Å²) in [4.78, 5) is 24.9. The monoisotopic (exact) mass is 370 g/mol. The van der Waals surface area contributed by atoms with Crippen LogP contribution in [0.4, 0.5) is 0 Å². The van der Waals surface area contributed by atoms with Crippen LogP contribution in [0.5, 0.6) is 0 Å². The molecule has 0 bridgehead atoms. The summed E-state index contributed by atoms with van der Waals surface area (Å²) in [7, 11) is 1.52. The van der Waals surface area contributed by atoms with E-state index in [9.17, 15) is 9.59 Å². The van der Waals surface area contributed by atoms with E-state index in [1.165, 1.54) is 7.11 Å². The van der Waals surface area contributed by atoms with E-state index in [0.717, 1.165) is 0 Å². The van der Waals surface area contributed by atoms with Crippen LogP contribution in [0.1, 0.15) is 34.1 Å². The highest BCUT2D eigenvalue weighted by atomic mass is 16.7. The fourth-order valence-electron chi connectivity index (χ4n) is 2.98. The molecule has 4 atom stereocenters. The molecule has 3 rings (SSSR count). The molecular weight excluding hydrogens is 348 g/mol. The quantitative estimate of drug-likeness (QED) is 0.753. The van der Waals surface area contributed by atoms with E-state index in [1.54, 1.807) is 55.5 Å². The van der Waals surface area contributed by atoms with Crippen molar-refractivity contribution in [3.63, 3.8) is 0 Å². The van der Waals surface area contributed by atoms with Crippen molar-refractivity contribution in [1.29, 1.82) is 0 Å². The molecule has 0 spiro atoms. The first-order valence-corrected chi connectivity index (χ1v) is 8.79. The van der Waals surface area contributed by atoms with Gasteiger partial charge in [0.15, 0.2) is 12.4 Å². The van der Waals surface area contributed by atoms with E-state index >= 15 is 0 Å². The second-order valence-electron chi connectivity index (χ2n) is 6.29. The summed E-state index contributed by atoms with van der Waals surface area (Å²) in [5.74, 6) is -0.974. The minimum Gasteiger partial charge on any atom is -0.455 e. The average molecular weight is 370 g/mol.